The molecule has 2 rings (SSSR count). The summed E-state index contributed by atoms with van der Waals surface area (Å²) in [4.78, 5) is 25.8. The highest BCUT2D eigenvalue weighted by molar-refractivity contribution is 7.99. The molecule has 1 aromatic rings. The molecule has 0 aromatic heterocycles. The van der Waals surface area contributed by atoms with Crippen LogP contribution in [0.5, 0.6) is 5.75 Å². The van der Waals surface area contributed by atoms with Crippen LogP contribution in [-0.4, -0.2) is 36.9 Å². The number of ether oxygens (including phenoxy) is 2. The second-order valence-corrected chi connectivity index (χ2v) is 7.35. The molecule has 0 aliphatic heterocycles. The maximum atomic E-state index is 12.4. The Bertz CT molecular complexity index is 567. The van der Waals surface area contributed by atoms with Crippen LogP contribution in [0.4, 0.5) is 0 Å². The predicted octanol–water partition coefficient (Wildman–Crippen LogP) is 3.56. The number of amides is 1. The molecule has 1 saturated carbocycles. The largest absolute Gasteiger partial charge is 0.497 e. The minimum absolute atomic E-state index is 0.0871. The zero-order valence-corrected chi connectivity index (χ0v) is 15.8. The lowest BCUT2D eigenvalue weighted by molar-refractivity contribution is -0.155. The van der Waals surface area contributed by atoms with Gasteiger partial charge in [-0.3, -0.25) is 4.79 Å². The fourth-order valence-corrected chi connectivity index (χ4v) is 3.92. The maximum Gasteiger partial charge on any atom is 0.331 e. The summed E-state index contributed by atoms with van der Waals surface area (Å²) in [7, 11) is 1.64. The second kappa shape index (κ2) is 9.70. The number of nitrogens with one attached hydrogen (secondary N) is 1. The first kappa shape index (κ1) is 19.6. The second-order valence-electron chi connectivity index (χ2n) is 6.19. The Kier molecular flexibility index (Phi) is 7.62. The van der Waals surface area contributed by atoms with Gasteiger partial charge in [0.05, 0.1) is 13.7 Å². The summed E-state index contributed by atoms with van der Waals surface area (Å²) in [5, 5.41) is 2.97. The zero-order valence-electron chi connectivity index (χ0n) is 15.0. The van der Waals surface area contributed by atoms with Crippen molar-refractivity contribution in [2.24, 2.45) is 0 Å². The van der Waals surface area contributed by atoms with Crippen LogP contribution < -0.4 is 10.1 Å². The molecule has 0 radical (unpaired) electrons. The van der Waals surface area contributed by atoms with Crippen molar-refractivity contribution in [2.75, 3.05) is 19.5 Å². The fourth-order valence-electron chi connectivity index (χ4n) is 3.07. The number of rotatable bonds is 8. The lowest BCUT2D eigenvalue weighted by Crippen LogP contribution is -2.56. The summed E-state index contributed by atoms with van der Waals surface area (Å²) in [6.45, 7) is 2.13. The smallest absolute Gasteiger partial charge is 0.331 e. The summed E-state index contributed by atoms with van der Waals surface area (Å²) < 4.78 is 10.3. The molecule has 1 N–H and O–H groups in total. The average Bonchev–Trinajstić information content (AvgIpc) is 2.63. The van der Waals surface area contributed by atoms with E-state index in [4.69, 9.17) is 9.47 Å². The van der Waals surface area contributed by atoms with Crippen LogP contribution in [0.2, 0.25) is 0 Å². The molecular weight excluding hydrogens is 338 g/mol. The molecule has 1 fully saturated rings. The Morgan fingerprint density at radius 3 is 2.44 bits per heavy atom. The molecule has 0 atom stereocenters. The molecule has 1 amide bonds. The van der Waals surface area contributed by atoms with Crippen LogP contribution in [-0.2, 0) is 14.3 Å². The van der Waals surface area contributed by atoms with Crippen molar-refractivity contribution in [2.45, 2.75) is 55.9 Å². The summed E-state index contributed by atoms with van der Waals surface area (Å²) in [6.07, 6.45) is 4.70. The van der Waals surface area contributed by atoms with E-state index in [-0.39, 0.29) is 11.9 Å². The van der Waals surface area contributed by atoms with Gasteiger partial charge in [-0.25, -0.2) is 4.79 Å². The number of esters is 1. The highest BCUT2D eigenvalue weighted by Gasteiger charge is 2.42. The molecule has 1 aliphatic rings. The van der Waals surface area contributed by atoms with Gasteiger partial charge in [0.1, 0.15) is 11.3 Å². The van der Waals surface area contributed by atoms with Crippen LogP contribution in [0.25, 0.3) is 0 Å². The van der Waals surface area contributed by atoms with Crippen LogP contribution in [0.15, 0.2) is 29.2 Å². The van der Waals surface area contributed by atoms with Crippen molar-refractivity contribution in [1.29, 1.82) is 0 Å². The molecule has 1 aromatic carbocycles. The Morgan fingerprint density at radius 2 is 1.84 bits per heavy atom. The quantitative estimate of drug-likeness (QED) is 0.564. The number of carbonyl (C=O) groups is 2. The topological polar surface area (TPSA) is 64.6 Å². The van der Waals surface area contributed by atoms with Crippen LogP contribution >= 0.6 is 11.8 Å². The van der Waals surface area contributed by atoms with Gasteiger partial charge in [0.25, 0.3) is 0 Å². The monoisotopic (exact) mass is 365 g/mol. The summed E-state index contributed by atoms with van der Waals surface area (Å²) in [6, 6.07) is 7.76. The zero-order chi connectivity index (χ0) is 18.1. The van der Waals surface area contributed by atoms with E-state index < -0.39 is 5.54 Å². The molecule has 0 heterocycles. The van der Waals surface area contributed by atoms with E-state index in [0.29, 0.717) is 31.6 Å². The minimum atomic E-state index is -0.823. The molecular formula is C19H27NO4S. The molecule has 1 aliphatic carbocycles. The van der Waals surface area contributed by atoms with Gasteiger partial charge in [0.2, 0.25) is 5.91 Å². The Balaban J connectivity index is 1.84. The molecule has 138 valence electrons. The average molecular weight is 365 g/mol. The third-order valence-corrected chi connectivity index (χ3v) is 5.42. The number of benzene rings is 1. The van der Waals surface area contributed by atoms with E-state index in [1.807, 2.05) is 24.3 Å². The first-order valence-electron chi connectivity index (χ1n) is 8.85. The van der Waals surface area contributed by atoms with Crippen molar-refractivity contribution in [3.8, 4) is 5.75 Å². The summed E-state index contributed by atoms with van der Waals surface area (Å²) in [5.74, 6) is 1.11. The third kappa shape index (κ3) is 5.66. The van der Waals surface area contributed by atoms with Gasteiger partial charge in [0, 0.05) is 17.1 Å². The van der Waals surface area contributed by atoms with Gasteiger partial charge >= 0.3 is 5.97 Å². The Labute approximate surface area is 153 Å². The van der Waals surface area contributed by atoms with Crippen molar-refractivity contribution in [3.05, 3.63) is 24.3 Å². The SMILES string of the molecule is CCOC(=O)C1(NC(=O)CCSc2ccc(OC)cc2)CCCCC1. The van der Waals surface area contributed by atoms with E-state index in [2.05, 4.69) is 5.32 Å². The predicted molar refractivity (Wildman–Crippen MR) is 98.9 cm³/mol. The van der Waals surface area contributed by atoms with Crippen LogP contribution in [0, 0.1) is 0 Å². The van der Waals surface area contributed by atoms with E-state index in [1.54, 1.807) is 25.8 Å². The van der Waals surface area contributed by atoms with E-state index >= 15 is 0 Å². The van der Waals surface area contributed by atoms with Gasteiger partial charge in [0.15, 0.2) is 0 Å². The summed E-state index contributed by atoms with van der Waals surface area (Å²) >= 11 is 1.61. The number of thioether (sulfide) groups is 1. The lowest BCUT2D eigenvalue weighted by atomic mass is 9.81. The normalized spacial score (nSPS) is 16.1. The maximum absolute atomic E-state index is 12.4. The molecule has 6 heteroatoms. The molecule has 0 unspecified atom stereocenters. The van der Waals surface area contributed by atoms with Gasteiger partial charge in [-0.15, -0.1) is 11.8 Å². The van der Waals surface area contributed by atoms with Gasteiger partial charge in [-0.1, -0.05) is 19.3 Å². The molecule has 0 spiro atoms. The number of hydrogen-bond donors (Lipinski definition) is 1. The van der Waals surface area contributed by atoms with Crippen LogP contribution in [0.3, 0.4) is 0 Å². The standard InChI is InChI=1S/C19H27NO4S/c1-3-24-18(22)19(12-5-4-6-13-19)20-17(21)11-14-25-16-9-7-15(23-2)8-10-16/h7-10H,3-6,11-14H2,1-2H3,(H,20,21). The summed E-state index contributed by atoms with van der Waals surface area (Å²) in [5.41, 5.74) is -0.823. The molecule has 5 nitrogen and oxygen atoms in total. The number of methoxy groups -OCH3 is 1. The van der Waals surface area contributed by atoms with Gasteiger partial charge in [-0.2, -0.15) is 0 Å². The van der Waals surface area contributed by atoms with Crippen molar-refractivity contribution >= 4 is 23.6 Å². The fraction of sp³-hybridized carbons (Fsp3) is 0.579. The van der Waals surface area contributed by atoms with Crippen molar-refractivity contribution in [3.63, 3.8) is 0 Å². The lowest BCUT2D eigenvalue weighted by Gasteiger charge is -2.35. The number of hydrogen-bond acceptors (Lipinski definition) is 5. The number of carbonyl (C=O) groups excluding carboxylic acids is 2. The Hall–Kier alpha value is -1.69. The van der Waals surface area contributed by atoms with E-state index in [9.17, 15) is 9.59 Å². The van der Waals surface area contributed by atoms with Crippen molar-refractivity contribution < 1.29 is 19.1 Å². The Morgan fingerprint density at radius 1 is 1.16 bits per heavy atom. The highest BCUT2D eigenvalue weighted by atomic mass is 32.2. The van der Waals surface area contributed by atoms with E-state index in [1.165, 1.54) is 0 Å². The molecule has 0 bridgehead atoms. The molecule has 0 saturated heterocycles. The van der Waals surface area contributed by atoms with Crippen LogP contribution in [0.1, 0.15) is 45.4 Å². The first-order chi connectivity index (χ1) is 12.1. The minimum Gasteiger partial charge on any atom is -0.497 e. The van der Waals surface area contributed by atoms with Crippen molar-refractivity contribution in [1.82, 2.24) is 5.32 Å². The molecule has 25 heavy (non-hydrogen) atoms. The third-order valence-electron chi connectivity index (χ3n) is 4.41. The highest BCUT2D eigenvalue weighted by Crippen LogP contribution is 2.30. The van der Waals surface area contributed by atoms with E-state index in [0.717, 1.165) is 29.9 Å². The first-order valence-corrected chi connectivity index (χ1v) is 9.83. The van der Waals surface area contributed by atoms with Gasteiger partial charge < -0.3 is 14.8 Å². The van der Waals surface area contributed by atoms with Gasteiger partial charge in [-0.05, 0) is 44.0 Å².